The van der Waals surface area contributed by atoms with Gasteiger partial charge in [-0.25, -0.2) is 0 Å². The Bertz CT molecular complexity index is 3.25. The van der Waals surface area contributed by atoms with E-state index in [1.807, 2.05) is 0 Å². The van der Waals surface area contributed by atoms with Crippen molar-refractivity contribution in [2.45, 2.75) is 6.92 Å². The van der Waals surface area contributed by atoms with Gasteiger partial charge in [-0.2, -0.15) is 6.92 Å². The largest absolute Gasteiger partial charge is 2.00 e. The van der Waals surface area contributed by atoms with Crippen molar-refractivity contribution >= 4 is 0 Å². The summed E-state index contributed by atoms with van der Waals surface area (Å²) in [5.41, 5.74) is 0. The maximum Gasteiger partial charge on any atom is 2.00 e. The first-order valence-corrected chi connectivity index (χ1v) is 0.707. The predicted molar refractivity (Wildman–Crippen MR) is 17.4 cm³/mol. The minimum absolute atomic E-state index is 0. The van der Waals surface area contributed by atoms with Crippen LogP contribution in [-0.2, 0) is 21.1 Å². The van der Waals surface area contributed by atoms with E-state index in [0.717, 1.165) is 0 Å². The monoisotopic (exact) mass is 239 g/mol. The van der Waals surface area contributed by atoms with Crippen LogP contribution in [0.3, 0.4) is 0 Å². The molecule has 0 N–H and O–H groups in total. The average Bonchev–Trinajstić information content (AvgIpc) is 1.00. The summed E-state index contributed by atoms with van der Waals surface area (Å²) in [5.74, 6) is 0. The molecule has 0 saturated heterocycles. The number of hydrogen-bond acceptors (Lipinski definition) is 0. The van der Waals surface area contributed by atoms with Crippen molar-refractivity contribution < 1.29 is 21.1 Å². The minimum Gasteiger partial charge on any atom is -0.358 e. The van der Waals surface area contributed by atoms with Crippen molar-refractivity contribution in [1.82, 2.24) is 0 Å². The van der Waals surface area contributed by atoms with Gasteiger partial charge in [-0.3, -0.25) is 0 Å². The second-order valence-electron chi connectivity index (χ2n) is 0. The molecule has 4 heavy (non-hydrogen) atoms. The molecule has 0 bridgehead atoms. The molecule has 0 aromatic heterocycles. The third kappa shape index (κ3) is 16.2. The molecule has 0 radical (unpaired) electrons. The fraction of sp³-hybridized carbons (Fsp3) is 0.333. The van der Waals surface area contributed by atoms with Crippen LogP contribution in [0.5, 0.6) is 0 Å². The molecule has 0 heterocycles. The smallest absolute Gasteiger partial charge is 0.358 e. The molecular formula is C3H8Pt. The first-order chi connectivity index (χ1) is 1.00. The van der Waals surface area contributed by atoms with Gasteiger partial charge in [0.2, 0.25) is 0 Å². The molecule has 30 valence electrons. The van der Waals surface area contributed by atoms with Gasteiger partial charge in [-0.15, -0.1) is 0 Å². The quantitative estimate of drug-likeness (QED) is 0.559. The standard InChI is InChI=1S/C2H5.CH3.Pt/c1-2;;/h1H2,2H3;1H3;/q2*-1;+2. The second-order valence-corrected chi connectivity index (χ2v) is 0. The summed E-state index contributed by atoms with van der Waals surface area (Å²) in [6.45, 7) is 5.00. The van der Waals surface area contributed by atoms with E-state index in [1.165, 1.54) is 0 Å². The van der Waals surface area contributed by atoms with E-state index in [1.54, 1.807) is 6.92 Å². The zero-order chi connectivity index (χ0) is 2.00. The Morgan fingerprint density at radius 2 is 1.25 bits per heavy atom. The van der Waals surface area contributed by atoms with Gasteiger partial charge < -0.3 is 14.4 Å². The molecule has 0 aliphatic heterocycles. The predicted octanol–water partition coefficient (Wildman–Crippen LogP) is 1.29. The van der Waals surface area contributed by atoms with Crippen molar-refractivity contribution in [3.8, 4) is 0 Å². The molecular weight excluding hydrogens is 231 g/mol. The molecule has 0 rings (SSSR count). The first kappa shape index (κ1) is 22.4. The van der Waals surface area contributed by atoms with Crippen LogP contribution in [0.2, 0.25) is 0 Å². The molecule has 0 fully saturated rings. The average molecular weight is 239 g/mol. The Morgan fingerprint density at radius 3 is 1.25 bits per heavy atom. The van der Waals surface area contributed by atoms with Crippen LogP contribution in [0.25, 0.3) is 0 Å². The minimum atomic E-state index is 0. The molecule has 0 aliphatic rings. The summed E-state index contributed by atoms with van der Waals surface area (Å²) < 4.78 is 0. The van der Waals surface area contributed by atoms with Gasteiger partial charge in [0.1, 0.15) is 0 Å². The molecule has 0 atom stereocenters. The Balaban J connectivity index is -0.00000000500. The van der Waals surface area contributed by atoms with Gasteiger partial charge in [0.15, 0.2) is 0 Å². The summed E-state index contributed by atoms with van der Waals surface area (Å²) >= 11 is 0. The van der Waals surface area contributed by atoms with Gasteiger partial charge in [-0.1, -0.05) is 0 Å². The van der Waals surface area contributed by atoms with Gasteiger partial charge in [0.25, 0.3) is 0 Å². The molecule has 0 nitrogen and oxygen atoms in total. The van der Waals surface area contributed by atoms with E-state index in [9.17, 15) is 0 Å². The van der Waals surface area contributed by atoms with Crippen molar-refractivity contribution in [1.29, 1.82) is 0 Å². The van der Waals surface area contributed by atoms with Crippen LogP contribution in [0.4, 0.5) is 0 Å². The third-order valence-electron chi connectivity index (χ3n) is 0. The third-order valence-corrected chi connectivity index (χ3v) is 0. The zero-order valence-corrected chi connectivity index (χ0v) is 5.30. The van der Waals surface area contributed by atoms with Crippen molar-refractivity contribution in [3.63, 3.8) is 0 Å². The molecule has 0 amide bonds. The summed E-state index contributed by atoms with van der Waals surface area (Å²) in [6.07, 6.45) is 0. The van der Waals surface area contributed by atoms with Gasteiger partial charge in [-0.05, 0) is 0 Å². The molecule has 0 spiro atoms. The van der Waals surface area contributed by atoms with Crippen LogP contribution >= 0.6 is 0 Å². The van der Waals surface area contributed by atoms with Crippen LogP contribution < -0.4 is 0 Å². The Labute approximate surface area is 42.9 Å². The van der Waals surface area contributed by atoms with Crippen LogP contribution in [0.15, 0.2) is 0 Å². The van der Waals surface area contributed by atoms with Crippen molar-refractivity contribution in [2.24, 2.45) is 0 Å². The molecule has 0 aromatic carbocycles. The fourth-order valence-electron chi connectivity index (χ4n) is 0. The molecule has 1 heteroatoms. The maximum atomic E-state index is 3.25. The summed E-state index contributed by atoms with van der Waals surface area (Å²) in [7, 11) is 0. The number of hydrogen-bond donors (Lipinski definition) is 0. The number of rotatable bonds is 0. The Morgan fingerprint density at radius 1 is 1.25 bits per heavy atom. The fourth-order valence-corrected chi connectivity index (χ4v) is 0. The summed E-state index contributed by atoms with van der Waals surface area (Å²) in [6, 6.07) is 0. The van der Waals surface area contributed by atoms with Crippen LogP contribution in [-0.4, -0.2) is 0 Å². The van der Waals surface area contributed by atoms with E-state index in [2.05, 4.69) is 6.92 Å². The van der Waals surface area contributed by atoms with Gasteiger partial charge >= 0.3 is 21.1 Å². The molecule has 0 saturated carbocycles. The molecule has 0 aromatic rings. The van der Waals surface area contributed by atoms with Gasteiger partial charge in [0.05, 0.1) is 0 Å². The topological polar surface area (TPSA) is 0 Å². The summed E-state index contributed by atoms with van der Waals surface area (Å²) in [5, 5.41) is 0. The van der Waals surface area contributed by atoms with Crippen molar-refractivity contribution in [2.75, 3.05) is 0 Å². The first-order valence-electron chi connectivity index (χ1n) is 0.707. The zero-order valence-electron chi connectivity index (χ0n) is 3.02. The molecule has 0 aliphatic carbocycles. The van der Waals surface area contributed by atoms with E-state index >= 15 is 0 Å². The maximum absolute atomic E-state index is 3.25. The van der Waals surface area contributed by atoms with Crippen LogP contribution in [0.1, 0.15) is 6.92 Å². The van der Waals surface area contributed by atoms with Crippen molar-refractivity contribution in [3.05, 3.63) is 14.4 Å². The summed E-state index contributed by atoms with van der Waals surface area (Å²) in [4.78, 5) is 0. The Kier molecular flexibility index (Phi) is 315. The van der Waals surface area contributed by atoms with E-state index in [-0.39, 0.29) is 28.5 Å². The van der Waals surface area contributed by atoms with E-state index in [4.69, 9.17) is 0 Å². The van der Waals surface area contributed by atoms with Gasteiger partial charge in [0, 0.05) is 0 Å². The Hall–Kier alpha value is 0.688. The van der Waals surface area contributed by atoms with E-state index in [0.29, 0.717) is 0 Å². The van der Waals surface area contributed by atoms with Crippen LogP contribution in [0, 0.1) is 14.4 Å². The van der Waals surface area contributed by atoms with E-state index < -0.39 is 0 Å². The SMILES string of the molecule is [CH2-]C.[CH3-].[Pt+2]. The molecule has 0 unspecified atom stereocenters. The normalized spacial score (nSPS) is 1.50. The second kappa shape index (κ2) is 56.3.